The smallest absolute Gasteiger partial charge is 0.416 e. The van der Waals surface area contributed by atoms with Crippen molar-refractivity contribution < 1.29 is 37.7 Å². The number of alkyl halides is 3. The summed E-state index contributed by atoms with van der Waals surface area (Å²) in [6, 6.07) is 14.5. The van der Waals surface area contributed by atoms with Gasteiger partial charge < -0.3 is 20.3 Å². The molecule has 45 heavy (non-hydrogen) atoms. The number of carbonyl (C=O) groups is 2. The van der Waals surface area contributed by atoms with E-state index in [0.29, 0.717) is 29.0 Å². The van der Waals surface area contributed by atoms with E-state index in [1.165, 1.54) is 0 Å². The molecule has 1 unspecified atom stereocenters. The van der Waals surface area contributed by atoms with Gasteiger partial charge in [-0.1, -0.05) is 58.5 Å². The molecule has 240 valence electrons. The average molecular weight is 642 g/mol. The van der Waals surface area contributed by atoms with Crippen LogP contribution in [0.4, 0.5) is 18.9 Å². The number of benzene rings is 3. The fourth-order valence-electron chi connectivity index (χ4n) is 5.22. The predicted molar refractivity (Wildman–Crippen MR) is 169 cm³/mol. The van der Waals surface area contributed by atoms with Crippen LogP contribution in [0.15, 0.2) is 76.2 Å². The normalized spacial score (nSPS) is 17.4. The number of esters is 1. The Kier molecular flexibility index (Phi) is 9.68. The largest absolute Gasteiger partial charge is 0.511 e. The molecule has 10 heteroatoms. The van der Waals surface area contributed by atoms with Gasteiger partial charge in [0.1, 0.15) is 22.0 Å². The standard InChI is InChI=1S/C35H38F3NO5S/c1-20(2)34(16-15-22-7-13-25(40)14-8-22)19-28(41)30(32(43)44-34)45-29-17-21(3)27(18-26(29)33(4,5)6)39-31(42)23-9-11-24(12-10-23)35(36,37)38/h7-14,17-18,20,40-41H,15-16,19H2,1-6H3,(H,39,42). The molecule has 0 aliphatic carbocycles. The SMILES string of the molecule is Cc1cc(SC2=C(O)CC(CCc3ccc(O)cc3)(C(C)C)OC2=O)c(C(C)(C)C)cc1NC(=O)c1ccc(C(F)(F)F)cc1. The van der Waals surface area contributed by atoms with Crippen LogP contribution in [0, 0.1) is 12.8 Å². The van der Waals surface area contributed by atoms with Crippen molar-refractivity contribution in [2.45, 2.75) is 82.9 Å². The lowest BCUT2D eigenvalue weighted by atomic mass is 9.80. The van der Waals surface area contributed by atoms with Crippen molar-refractivity contribution in [3.05, 3.63) is 99.1 Å². The van der Waals surface area contributed by atoms with Gasteiger partial charge in [-0.25, -0.2) is 4.79 Å². The third-order valence-corrected chi connectivity index (χ3v) is 9.27. The number of aryl methyl sites for hydroxylation is 2. The van der Waals surface area contributed by atoms with Gasteiger partial charge in [0.05, 0.1) is 5.56 Å². The summed E-state index contributed by atoms with van der Waals surface area (Å²) in [6.45, 7) is 11.6. The van der Waals surface area contributed by atoms with Gasteiger partial charge >= 0.3 is 12.1 Å². The maximum atomic E-state index is 13.5. The molecule has 0 aromatic heterocycles. The zero-order valence-corrected chi connectivity index (χ0v) is 26.9. The number of nitrogens with one attached hydrogen (secondary N) is 1. The van der Waals surface area contributed by atoms with Crippen molar-refractivity contribution in [2.75, 3.05) is 5.32 Å². The first-order valence-corrected chi connectivity index (χ1v) is 15.5. The topological polar surface area (TPSA) is 95.9 Å². The van der Waals surface area contributed by atoms with Crippen LogP contribution in [0.1, 0.15) is 80.1 Å². The molecule has 1 heterocycles. The number of thioether (sulfide) groups is 1. The summed E-state index contributed by atoms with van der Waals surface area (Å²) in [4.78, 5) is 27.2. The number of aromatic hydroxyl groups is 1. The van der Waals surface area contributed by atoms with Gasteiger partial charge in [-0.15, -0.1) is 0 Å². The number of anilines is 1. The van der Waals surface area contributed by atoms with Crippen molar-refractivity contribution in [1.82, 2.24) is 0 Å². The third kappa shape index (κ3) is 7.84. The highest BCUT2D eigenvalue weighted by atomic mass is 32.2. The highest BCUT2D eigenvalue weighted by Crippen LogP contribution is 2.46. The van der Waals surface area contributed by atoms with Crippen LogP contribution in [0.5, 0.6) is 5.75 Å². The van der Waals surface area contributed by atoms with Gasteiger partial charge in [0.25, 0.3) is 5.91 Å². The molecule has 0 radical (unpaired) electrons. The Labute approximate surface area is 265 Å². The summed E-state index contributed by atoms with van der Waals surface area (Å²) >= 11 is 1.11. The zero-order valence-electron chi connectivity index (χ0n) is 26.1. The van der Waals surface area contributed by atoms with Gasteiger partial charge in [0, 0.05) is 22.6 Å². The zero-order chi connectivity index (χ0) is 33.3. The van der Waals surface area contributed by atoms with E-state index < -0.39 is 34.6 Å². The van der Waals surface area contributed by atoms with E-state index in [0.717, 1.165) is 47.2 Å². The summed E-state index contributed by atoms with van der Waals surface area (Å²) in [5, 5.41) is 23.6. The molecular weight excluding hydrogens is 603 g/mol. The van der Waals surface area contributed by atoms with E-state index in [-0.39, 0.29) is 34.3 Å². The predicted octanol–water partition coefficient (Wildman–Crippen LogP) is 9.11. The Morgan fingerprint density at radius 1 is 1.02 bits per heavy atom. The number of carbonyl (C=O) groups excluding carboxylic acids is 2. The van der Waals surface area contributed by atoms with Crippen LogP contribution in [0.3, 0.4) is 0 Å². The lowest BCUT2D eigenvalue weighted by molar-refractivity contribution is -0.164. The van der Waals surface area contributed by atoms with E-state index in [2.05, 4.69) is 5.32 Å². The second kappa shape index (κ2) is 12.8. The number of halogens is 3. The summed E-state index contributed by atoms with van der Waals surface area (Å²) < 4.78 is 45.0. The summed E-state index contributed by atoms with van der Waals surface area (Å²) in [5.41, 5.74) is 0.811. The number of phenols is 1. The highest BCUT2D eigenvalue weighted by Gasteiger charge is 2.44. The highest BCUT2D eigenvalue weighted by molar-refractivity contribution is 8.04. The molecule has 1 aliphatic heterocycles. The Balaban J connectivity index is 1.59. The first-order valence-electron chi connectivity index (χ1n) is 14.6. The average Bonchev–Trinajstić information content (AvgIpc) is 2.94. The molecule has 0 spiro atoms. The van der Waals surface area contributed by atoms with E-state index in [4.69, 9.17) is 4.74 Å². The van der Waals surface area contributed by atoms with Gasteiger partial charge in [-0.2, -0.15) is 13.2 Å². The van der Waals surface area contributed by atoms with Gasteiger partial charge in [-0.3, -0.25) is 4.79 Å². The summed E-state index contributed by atoms with van der Waals surface area (Å²) in [7, 11) is 0. The maximum absolute atomic E-state index is 13.5. The molecule has 1 atom stereocenters. The number of cyclic esters (lactones) is 1. The quantitative estimate of drug-likeness (QED) is 0.212. The lowest BCUT2D eigenvalue weighted by Crippen LogP contribution is -2.44. The molecule has 3 aromatic rings. The van der Waals surface area contributed by atoms with Crippen molar-refractivity contribution in [3.8, 4) is 5.75 Å². The molecule has 3 aromatic carbocycles. The minimum absolute atomic E-state index is 0.0483. The third-order valence-electron chi connectivity index (χ3n) is 8.10. The summed E-state index contributed by atoms with van der Waals surface area (Å²) in [5.74, 6) is -1.12. The number of amides is 1. The lowest BCUT2D eigenvalue weighted by Gasteiger charge is -2.40. The Bertz CT molecular complexity index is 1610. The number of aliphatic hydroxyl groups is 1. The summed E-state index contributed by atoms with van der Waals surface area (Å²) in [6.07, 6.45) is -3.27. The first-order chi connectivity index (χ1) is 20.9. The van der Waals surface area contributed by atoms with E-state index in [1.54, 1.807) is 25.1 Å². The van der Waals surface area contributed by atoms with Crippen LogP contribution in [0.25, 0.3) is 0 Å². The van der Waals surface area contributed by atoms with Gasteiger partial charge in [0.15, 0.2) is 0 Å². The number of rotatable bonds is 8. The molecule has 4 rings (SSSR count). The van der Waals surface area contributed by atoms with Crippen molar-refractivity contribution in [2.24, 2.45) is 5.92 Å². The molecule has 1 amide bonds. The molecule has 3 N–H and O–H groups in total. The molecule has 0 saturated heterocycles. The number of phenolic OH excluding ortho intramolecular Hbond substituents is 1. The van der Waals surface area contributed by atoms with E-state index in [9.17, 15) is 33.0 Å². The number of hydrogen-bond acceptors (Lipinski definition) is 6. The molecule has 0 saturated carbocycles. The number of aliphatic hydroxyl groups excluding tert-OH is 1. The fraction of sp³-hybridized carbons (Fsp3) is 0.371. The number of ether oxygens (including phenoxy) is 1. The van der Waals surface area contributed by atoms with Gasteiger partial charge in [-0.05, 0) is 96.3 Å². The molecular formula is C35H38F3NO5S. The molecule has 1 aliphatic rings. The Morgan fingerprint density at radius 3 is 2.18 bits per heavy atom. The van der Waals surface area contributed by atoms with Crippen molar-refractivity contribution in [3.63, 3.8) is 0 Å². The molecule has 0 bridgehead atoms. The second-order valence-electron chi connectivity index (χ2n) is 12.8. The van der Waals surface area contributed by atoms with E-state index in [1.807, 2.05) is 52.8 Å². The minimum atomic E-state index is -4.50. The van der Waals surface area contributed by atoms with Crippen LogP contribution in [0.2, 0.25) is 0 Å². The minimum Gasteiger partial charge on any atom is -0.511 e. The molecule has 6 nitrogen and oxygen atoms in total. The first kappa shape index (κ1) is 34.0. The monoisotopic (exact) mass is 641 g/mol. The fourth-order valence-corrected chi connectivity index (χ4v) is 6.47. The Hall–Kier alpha value is -3.92. The van der Waals surface area contributed by atoms with Gasteiger partial charge in [0.2, 0.25) is 0 Å². The van der Waals surface area contributed by atoms with Crippen LogP contribution < -0.4 is 5.32 Å². The Morgan fingerprint density at radius 2 is 1.64 bits per heavy atom. The van der Waals surface area contributed by atoms with Crippen molar-refractivity contribution in [1.29, 1.82) is 0 Å². The van der Waals surface area contributed by atoms with Crippen molar-refractivity contribution >= 4 is 29.3 Å². The van der Waals surface area contributed by atoms with Crippen LogP contribution in [-0.2, 0) is 27.5 Å². The van der Waals surface area contributed by atoms with Crippen LogP contribution in [-0.4, -0.2) is 27.7 Å². The van der Waals surface area contributed by atoms with Crippen LogP contribution >= 0.6 is 11.8 Å². The molecule has 0 fully saturated rings. The number of hydrogen-bond donors (Lipinski definition) is 3. The van der Waals surface area contributed by atoms with E-state index >= 15 is 0 Å². The maximum Gasteiger partial charge on any atom is 0.416 e. The second-order valence-corrected chi connectivity index (χ2v) is 13.8.